The summed E-state index contributed by atoms with van der Waals surface area (Å²) < 4.78 is 18.2. The second kappa shape index (κ2) is 7.64. The molecule has 2 N–H and O–H groups in total. The Morgan fingerprint density at radius 2 is 1.42 bits per heavy atom. The Labute approximate surface area is 160 Å². The Kier molecular flexibility index (Phi) is 6.98. The van der Waals surface area contributed by atoms with E-state index in [9.17, 15) is 15.0 Å². The average Bonchev–Trinajstić information content (AvgIpc) is 2.72. The maximum absolute atomic E-state index is 12.6. The highest BCUT2D eigenvalue weighted by molar-refractivity contribution is 6.74. The van der Waals surface area contributed by atoms with Crippen molar-refractivity contribution in [3.63, 3.8) is 0 Å². The van der Waals surface area contributed by atoms with Gasteiger partial charge in [-0.15, -0.1) is 0 Å². The molecule has 0 spiro atoms. The summed E-state index contributed by atoms with van der Waals surface area (Å²) in [5, 5.41) is 19.4. The highest BCUT2D eigenvalue weighted by Crippen LogP contribution is 2.42. The number of cyclic esters (lactones) is 1. The van der Waals surface area contributed by atoms with Crippen LogP contribution in [0.25, 0.3) is 0 Å². The van der Waals surface area contributed by atoms with Crippen LogP contribution in [0.5, 0.6) is 0 Å². The monoisotopic (exact) mass is 406 g/mol. The molecule has 26 heavy (non-hydrogen) atoms. The van der Waals surface area contributed by atoms with Crippen molar-refractivity contribution in [2.45, 2.75) is 102 Å². The summed E-state index contributed by atoms with van der Waals surface area (Å²) in [6.45, 7) is 20.4. The van der Waals surface area contributed by atoms with E-state index in [0.717, 1.165) is 0 Å². The van der Waals surface area contributed by atoms with Gasteiger partial charge in [-0.1, -0.05) is 41.5 Å². The highest BCUT2D eigenvalue weighted by Gasteiger charge is 2.55. The van der Waals surface area contributed by atoms with Crippen molar-refractivity contribution in [2.24, 2.45) is 0 Å². The van der Waals surface area contributed by atoms with E-state index in [-0.39, 0.29) is 10.1 Å². The van der Waals surface area contributed by atoms with Gasteiger partial charge in [0.25, 0.3) is 0 Å². The predicted molar refractivity (Wildman–Crippen MR) is 107 cm³/mol. The largest absolute Gasteiger partial charge is 0.455 e. The Bertz CT molecular complexity index is 507. The van der Waals surface area contributed by atoms with Crippen LogP contribution in [0.2, 0.25) is 36.3 Å². The van der Waals surface area contributed by atoms with Crippen LogP contribution in [0.15, 0.2) is 0 Å². The molecule has 1 aliphatic heterocycles. The Hall–Kier alpha value is -0.256. The van der Waals surface area contributed by atoms with E-state index in [2.05, 4.69) is 67.7 Å². The molecule has 1 fully saturated rings. The molecule has 1 saturated heterocycles. The van der Waals surface area contributed by atoms with Crippen molar-refractivity contribution in [1.29, 1.82) is 0 Å². The number of hydrogen-bond acceptors (Lipinski definition) is 6. The zero-order chi connectivity index (χ0) is 20.7. The number of carbonyl (C=O) groups excluding carboxylic acids is 1. The molecule has 6 nitrogen and oxygen atoms in total. The number of aliphatic hydroxyl groups excluding tert-OH is 2. The van der Waals surface area contributed by atoms with Crippen molar-refractivity contribution < 1.29 is 28.6 Å². The first-order valence-corrected chi connectivity index (χ1v) is 15.1. The van der Waals surface area contributed by atoms with Crippen molar-refractivity contribution in [3.8, 4) is 0 Å². The molecule has 0 aliphatic carbocycles. The molecular weight excluding hydrogens is 368 g/mol. The number of ether oxygens (including phenoxy) is 1. The van der Waals surface area contributed by atoms with Gasteiger partial charge in [-0.3, -0.25) is 0 Å². The molecule has 1 rings (SSSR count). The molecule has 0 aromatic rings. The van der Waals surface area contributed by atoms with Crippen LogP contribution in [-0.2, 0) is 18.4 Å². The van der Waals surface area contributed by atoms with E-state index in [1.54, 1.807) is 0 Å². The lowest BCUT2D eigenvalue weighted by Gasteiger charge is -2.42. The van der Waals surface area contributed by atoms with Gasteiger partial charge in [-0.25, -0.2) is 4.79 Å². The molecule has 1 aliphatic rings. The molecule has 0 bridgehead atoms. The van der Waals surface area contributed by atoms with Crippen molar-refractivity contribution in [2.75, 3.05) is 6.61 Å². The molecule has 0 radical (unpaired) electrons. The number of hydrogen-bond donors (Lipinski definition) is 2. The normalized spacial score (nSPS) is 26.8. The van der Waals surface area contributed by atoms with Crippen molar-refractivity contribution in [3.05, 3.63) is 0 Å². The van der Waals surface area contributed by atoms with E-state index in [0.29, 0.717) is 0 Å². The molecule has 0 unspecified atom stereocenters. The van der Waals surface area contributed by atoms with Crippen LogP contribution in [0.3, 0.4) is 0 Å². The minimum atomic E-state index is -2.26. The van der Waals surface area contributed by atoms with Gasteiger partial charge in [0.2, 0.25) is 0 Å². The highest BCUT2D eigenvalue weighted by atomic mass is 28.4. The van der Waals surface area contributed by atoms with E-state index in [4.69, 9.17) is 13.6 Å². The molecule has 0 amide bonds. The van der Waals surface area contributed by atoms with Gasteiger partial charge in [0.05, 0.1) is 6.61 Å². The summed E-state index contributed by atoms with van der Waals surface area (Å²) in [6, 6.07) is 0. The standard InChI is InChI=1S/C18H38O6Si2/c1-17(2,3)25(7,8)23-14-13(12(20)11-19)22-16(21)15(14)24-26(9,10)18(4,5)6/h12-15,19-20H,11H2,1-10H3/t12-,13+,14+,15-/m1/s1. The van der Waals surface area contributed by atoms with Gasteiger partial charge < -0.3 is 23.8 Å². The summed E-state index contributed by atoms with van der Waals surface area (Å²) >= 11 is 0. The van der Waals surface area contributed by atoms with Crippen LogP contribution in [0.4, 0.5) is 0 Å². The Morgan fingerprint density at radius 3 is 1.81 bits per heavy atom. The fourth-order valence-corrected chi connectivity index (χ4v) is 4.74. The molecule has 154 valence electrons. The molecule has 0 aromatic carbocycles. The number of rotatable bonds is 6. The molecular formula is C18H38O6Si2. The van der Waals surface area contributed by atoms with Gasteiger partial charge in [-0.2, -0.15) is 0 Å². The summed E-state index contributed by atoms with van der Waals surface area (Å²) in [5.41, 5.74) is 0. The third-order valence-electron chi connectivity index (χ3n) is 6.14. The second-order valence-electron chi connectivity index (χ2n) is 10.3. The predicted octanol–water partition coefficient (Wildman–Crippen LogP) is 3.05. The maximum atomic E-state index is 12.6. The zero-order valence-electron chi connectivity index (χ0n) is 18.0. The topological polar surface area (TPSA) is 85.2 Å². The minimum Gasteiger partial charge on any atom is -0.455 e. The number of esters is 1. The summed E-state index contributed by atoms with van der Waals surface area (Å²) in [7, 11) is -4.51. The van der Waals surface area contributed by atoms with Gasteiger partial charge in [-0.05, 0) is 36.3 Å². The summed E-state index contributed by atoms with van der Waals surface area (Å²) in [4.78, 5) is 12.6. The van der Waals surface area contributed by atoms with E-state index in [1.807, 2.05) is 0 Å². The minimum absolute atomic E-state index is 0.0745. The van der Waals surface area contributed by atoms with Gasteiger partial charge >= 0.3 is 5.97 Å². The average molecular weight is 407 g/mol. The third kappa shape index (κ3) is 4.96. The SMILES string of the molecule is CC(C)(C)[Si](C)(C)O[C@H]1[C@H]([C@H](O)CO)OC(=O)[C@@H]1O[Si](C)(C)C(C)(C)C. The maximum Gasteiger partial charge on any atom is 0.337 e. The molecule has 4 atom stereocenters. The third-order valence-corrected chi connectivity index (χ3v) is 15.1. The summed E-state index contributed by atoms with van der Waals surface area (Å²) in [5.74, 6) is -0.518. The fourth-order valence-electron chi connectivity index (χ4n) is 2.23. The molecule has 0 saturated carbocycles. The van der Waals surface area contributed by atoms with Crippen LogP contribution in [-0.4, -0.2) is 63.8 Å². The van der Waals surface area contributed by atoms with Crippen LogP contribution in [0, 0.1) is 0 Å². The molecule has 1 heterocycles. The van der Waals surface area contributed by atoms with Crippen molar-refractivity contribution >= 4 is 22.6 Å². The zero-order valence-corrected chi connectivity index (χ0v) is 20.0. The van der Waals surface area contributed by atoms with Crippen LogP contribution in [0.1, 0.15) is 41.5 Å². The summed E-state index contributed by atoms with van der Waals surface area (Å²) in [6.07, 6.45) is -3.71. The van der Waals surface area contributed by atoms with Crippen molar-refractivity contribution in [1.82, 2.24) is 0 Å². The van der Waals surface area contributed by atoms with E-state index in [1.165, 1.54) is 0 Å². The van der Waals surface area contributed by atoms with E-state index >= 15 is 0 Å². The quantitative estimate of drug-likeness (QED) is 0.521. The number of aliphatic hydroxyl groups is 2. The van der Waals surface area contributed by atoms with Gasteiger partial charge in [0, 0.05) is 0 Å². The number of carbonyl (C=O) groups is 1. The van der Waals surface area contributed by atoms with Crippen LogP contribution < -0.4 is 0 Å². The lowest BCUT2D eigenvalue weighted by molar-refractivity contribution is -0.151. The second-order valence-corrected chi connectivity index (χ2v) is 19.8. The van der Waals surface area contributed by atoms with Gasteiger partial charge in [0.15, 0.2) is 28.8 Å². The first-order chi connectivity index (χ1) is 11.4. The fraction of sp³-hybridized carbons (Fsp3) is 0.944. The van der Waals surface area contributed by atoms with Gasteiger partial charge in [0.1, 0.15) is 12.2 Å². The first-order valence-electron chi connectivity index (χ1n) is 9.29. The lowest BCUT2D eigenvalue weighted by atomic mass is 10.1. The molecule has 0 aromatic heterocycles. The lowest BCUT2D eigenvalue weighted by Crippen LogP contribution is -2.55. The Morgan fingerprint density at radius 1 is 1.00 bits per heavy atom. The first kappa shape index (κ1) is 23.8. The van der Waals surface area contributed by atoms with E-state index < -0.39 is 53.6 Å². The van der Waals surface area contributed by atoms with Crippen LogP contribution >= 0.6 is 0 Å². The molecule has 8 heteroatoms. The smallest absolute Gasteiger partial charge is 0.337 e. The Balaban J connectivity index is 3.23.